The minimum absolute atomic E-state index is 0.0408. The Labute approximate surface area is 342 Å². The summed E-state index contributed by atoms with van der Waals surface area (Å²) in [5.41, 5.74) is 0. The molecule has 1 rings (SSSR count). The van der Waals surface area contributed by atoms with Crippen molar-refractivity contribution in [2.75, 3.05) is 0 Å². The van der Waals surface area contributed by atoms with Gasteiger partial charge in [-0.15, -0.1) is 0 Å². The lowest BCUT2D eigenvalue weighted by Gasteiger charge is -2.10. The third-order valence-corrected chi connectivity index (χ3v) is 12.9. The fourth-order valence-corrected chi connectivity index (χ4v) is 9.01. The highest BCUT2D eigenvalue weighted by atomic mass is 16.6. The van der Waals surface area contributed by atoms with Crippen molar-refractivity contribution in [3.05, 3.63) is 0 Å². The zero-order valence-electron chi connectivity index (χ0n) is 37.8. The molecule has 1 saturated heterocycles. The molecule has 0 aromatic heterocycles. The van der Waals surface area contributed by atoms with Gasteiger partial charge >= 0.3 is 0 Å². The molecule has 0 aromatic rings. The topological polar surface area (TPSA) is 32.8 Å². The van der Waals surface area contributed by atoms with Gasteiger partial charge < -0.3 is 9.84 Å². The molecule has 0 amide bonds. The lowest BCUT2D eigenvalue weighted by Crippen LogP contribution is -2.05. The molecule has 324 valence electrons. The molecule has 1 N–H and O–H groups in total. The molecule has 0 unspecified atom stereocenters. The SMILES string of the molecule is CCCCCCCCCCCCCCCCCCCCCCCCCC[C@H](O)CCCCCCCCCCCCCCCCCCCC[C@H]1O[C@@H]1CCC. The van der Waals surface area contributed by atoms with E-state index in [2.05, 4.69) is 13.8 Å². The van der Waals surface area contributed by atoms with Gasteiger partial charge in [0, 0.05) is 0 Å². The van der Waals surface area contributed by atoms with Crippen LogP contribution in [-0.2, 0) is 4.74 Å². The van der Waals surface area contributed by atoms with Crippen LogP contribution in [0.4, 0.5) is 0 Å². The van der Waals surface area contributed by atoms with Crippen molar-refractivity contribution in [1.82, 2.24) is 0 Å². The van der Waals surface area contributed by atoms with Crippen molar-refractivity contribution in [3.63, 3.8) is 0 Å². The smallest absolute Gasteiger partial charge is 0.0841 e. The van der Waals surface area contributed by atoms with E-state index < -0.39 is 0 Å². The fourth-order valence-electron chi connectivity index (χ4n) is 9.01. The van der Waals surface area contributed by atoms with Gasteiger partial charge in [-0.1, -0.05) is 290 Å². The highest BCUT2D eigenvalue weighted by Gasteiger charge is 2.36. The van der Waals surface area contributed by atoms with Crippen LogP contribution in [0.15, 0.2) is 0 Å². The Morgan fingerprint density at radius 2 is 0.500 bits per heavy atom. The summed E-state index contributed by atoms with van der Waals surface area (Å²) in [6, 6.07) is 0. The van der Waals surface area contributed by atoms with Gasteiger partial charge in [0.1, 0.15) is 0 Å². The Bertz CT molecular complexity index is 677. The quantitative estimate of drug-likeness (QED) is 0.0495. The van der Waals surface area contributed by atoms with Crippen molar-refractivity contribution in [1.29, 1.82) is 0 Å². The van der Waals surface area contributed by atoms with Crippen LogP contribution in [0.1, 0.15) is 316 Å². The Balaban J connectivity index is 1.63. The van der Waals surface area contributed by atoms with E-state index in [0.717, 1.165) is 12.8 Å². The summed E-state index contributed by atoms with van der Waals surface area (Å²) in [5.74, 6) is 0. The first-order valence-electron chi connectivity index (χ1n) is 26.1. The van der Waals surface area contributed by atoms with E-state index in [0.29, 0.717) is 12.2 Å². The second-order valence-corrected chi connectivity index (χ2v) is 18.5. The molecule has 1 fully saturated rings. The number of aliphatic hydroxyl groups excluding tert-OH is 1. The third-order valence-electron chi connectivity index (χ3n) is 12.9. The highest BCUT2D eigenvalue weighted by molar-refractivity contribution is 4.83. The molecule has 2 heteroatoms. The van der Waals surface area contributed by atoms with Gasteiger partial charge in [0.2, 0.25) is 0 Å². The summed E-state index contributed by atoms with van der Waals surface area (Å²) in [7, 11) is 0. The molecular weight excluding hydrogens is 657 g/mol. The monoisotopic (exact) mass is 761 g/mol. The van der Waals surface area contributed by atoms with Gasteiger partial charge in [0.25, 0.3) is 0 Å². The summed E-state index contributed by atoms with van der Waals surface area (Å²) < 4.78 is 5.74. The van der Waals surface area contributed by atoms with E-state index in [1.807, 2.05) is 0 Å². The first-order chi connectivity index (χ1) is 26.8. The van der Waals surface area contributed by atoms with Gasteiger partial charge in [-0.25, -0.2) is 0 Å². The van der Waals surface area contributed by atoms with Crippen LogP contribution in [-0.4, -0.2) is 23.4 Å². The maximum atomic E-state index is 10.4. The molecule has 0 radical (unpaired) electrons. The van der Waals surface area contributed by atoms with Crippen molar-refractivity contribution >= 4 is 0 Å². The first kappa shape index (κ1) is 51.9. The minimum atomic E-state index is -0.0408. The van der Waals surface area contributed by atoms with E-state index in [4.69, 9.17) is 4.74 Å². The van der Waals surface area contributed by atoms with E-state index in [1.54, 1.807) is 0 Å². The predicted octanol–water partition coefficient (Wildman–Crippen LogP) is 18.5. The highest BCUT2D eigenvalue weighted by Crippen LogP contribution is 2.31. The molecule has 2 nitrogen and oxygen atoms in total. The number of aliphatic hydroxyl groups is 1. The van der Waals surface area contributed by atoms with Crippen LogP contribution in [0.25, 0.3) is 0 Å². The van der Waals surface area contributed by atoms with Crippen LogP contribution < -0.4 is 0 Å². The zero-order chi connectivity index (χ0) is 38.7. The normalized spacial score (nSPS) is 16.1. The number of hydrogen-bond acceptors (Lipinski definition) is 2. The first-order valence-corrected chi connectivity index (χ1v) is 26.1. The molecule has 0 saturated carbocycles. The van der Waals surface area contributed by atoms with E-state index >= 15 is 0 Å². The van der Waals surface area contributed by atoms with Crippen molar-refractivity contribution in [2.24, 2.45) is 0 Å². The summed E-state index contributed by atoms with van der Waals surface area (Å²) in [6.07, 6.45) is 67.3. The molecule has 1 heterocycles. The Morgan fingerprint density at radius 1 is 0.278 bits per heavy atom. The second-order valence-electron chi connectivity index (χ2n) is 18.5. The second kappa shape index (κ2) is 44.0. The predicted molar refractivity (Wildman–Crippen MR) is 243 cm³/mol. The molecule has 54 heavy (non-hydrogen) atoms. The number of hydrogen-bond donors (Lipinski definition) is 1. The van der Waals surface area contributed by atoms with Crippen LogP contribution in [0.2, 0.25) is 0 Å². The fraction of sp³-hybridized carbons (Fsp3) is 1.00. The van der Waals surface area contributed by atoms with Crippen LogP contribution >= 0.6 is 0 Å². The number of ether oxygens (including phenoxy) is 1. The van der Waals surface area contributed by atoms with Gasteiger partial charge in [-0.3, -0.25) is 0 Å². The minimum Gasteiger partial charge on any atom is -0.393 e. The summed E-state index contributed by atoms with van der Waals surface area (Å²) in [5, 5.41) is 10.4. The van der Waals surface area contributed by atoms with Crippen molar-refractivity contribution in [3.8, 4) is 0 Å². The van der Waals surface area contributed by atoms with Crippen LogP contribution in [0.5, 0.6) is 0 Å². The van der Waals surface area contributed by atoms with Crippen LogP contribution in [0.3, 0.4) is 0 Å². The van der Waals surface area contributed by atoms with Gasteiger partial charge in [-0.05, 0) is 25.7 Å². The summed E-state index contributed by atoms with van der Waals surface area (Å²) in [4.78, 5) is 0. The molecule has 1 aliphatic rings. The molecule has 3 atom stereocenters. The Kier molecular flexibility index (Phi) is 42.4. The van der Waals surface area contributed by atoms with Crippen molar-refractivity contribution < 1.29 is 9.84 Å². The molecular formula is C52H104O2. The van der Waals surface area contributed by atoms with Crippen molar-refractivity contribution in [2.45, 2.75) is 334 Å². The van der Waals surface area contributed by atoms with E-state index in [9.17, 15) is 5.11 Å². The summed E-state index contributed by atoms with van der Waals surface area (Å²) >= 11 is 0. The average Bonchev–Trinajstić information content (AvgIpc) is 3.93. The molecule has 0 aromatic carbocycles. The van der Waals surface area contributed by atoms with E-state index in [-0.39, 0.29) is 6.10 Å². The Hall–Kier alpha value is -0.0800. The van der Waals surface area contributed by atoms with Gasteiger partial charge in [-0.2, -0.15) is 0 Å². The standard InChI is InChI=1S/C52H104O2/c1-3-5-6-7-8-9-10-11-12-13-14-15-16-17-18-19-22-25-28-31-34-37-40-43-47-50(53)48-44-41-38-35-32-29-26-23-20-21-24-27-30-33-36-39-42-45-49-52-51(54-52)46-4-2/h50-53H,3-49H2,1-2H3/t50-,51+,52+/m0/s1. The molecule has 0 aliphatic carbocycles. The van der Waals surface area contributed by atoms with E-state index in [1.165, 1.54) is 289 Å². The van der Waals surface area contributed by atoms with Gasteiger partial charge in [0.05, 0.1) is 18.3 Å². The largest absolute Gasteiger partial charge is 0.393 e. The lowest BCUT2D eigenvalue weighted by atomic mass is 10.0. The molecule has 1 aliphatic heterocycles. The van der Waals surface area contributed by atoms with Crippen LogP contribution in [0, 0.1) is 0 Å². The number of epoxide rings is 1. The van der Waals surface area contributed by atoms with Gasteiger partial charge in [0.15, 0.2) is 0 Å². The summed E-state index contributed by atoms with van der Waals surface area (Å²) in [6.45, 7) is 4.57. The number of unbranched alkanes of at least 4 members (excludes halogenated alkanes) is 40. The zero-order valence-corrected chi connectivity index (χ0v) is 37.8. The maximum absolute atomic E-state index is 10.4. The number of rotatable bonds is 48. The lowest BCUT2D eigenvalue weighted by molar-refractivity contribution is 0.147. The maximum Gasteiger partial charge on any atom is 0.0841 e. The molecule has 0 bridgehead atoms. The molecule has 0 spiro atoms. The third kappa shape index (κ3) is 40.1. The Morgan fingerprint density at radius 3 is 0.759 bits per heavy atom. The average molecular weight is 761 g/mol.